The molecule has 0 unspecified atom stereocenters. The Hall–Kier alpha value is -0.170. The van der Waals surface area contributed by atoms with E-state index in [1.807, 2.05) is 0 Å². The molecule has 0 saturated heterocycles. The molecule has 0 radical (unpaired) electrons. The zero-order chi connectivity index (χ0) is 10.5. The lowest BCUT2D eigenvalue weighted by atomic mass is 10.8. The highest BCUT2D eigenvalue weighted by Crippen LogP contribution is 2.38. The number of phosphoric acid groups is 1. The maximum Gasteiger partial charge on any atom is 0.268 e. The van der Waals surface area contributed by atoms with E-state index in [0.29, 0.717) is 0 Å². The second-order valence-corrected chi connectivity index (χ2v) is 3.23. The van der Waals surface area contributed by atoms with Gasteiger partial charge in [0.15, 0.2) is 0 Å². The minimum atomic E-state index is -5.01. The van der Waals surface area contributed by atoms with Crippen LogP contribution in [0.5, 0.6) is 0 Å². The predicted octanol–water partition coefficient (Wildman–Crippen LogP) is 1.02. The second-order valence-electron chi connectivity index (χ2n) is 1.82. The van der Waals surface area contributed by atoms with Crippen LogP contribution in [0, 0.1) is 0 Å². The minimum Gasteiger partial charge on any atom is -0.756 e. The first-order chi connectivity index (χ1) is 5.83. The Morgan fingerprint density at radius 3 is 1.62 bits per heavy atom. The van der Waals surface area contributed by atoms with Crippen molar-refractivity contribution in [1.29, 1.82) is 0 Å². The quantitative estimate of drug-likeness (QED) is 0.500. The van der Waals surface area contributed by atoms with E-state index in [1.54, 1.807) is 0 Å². The molecule has 0 fully saturated rings. The van der Waals surface area contributed by atoms with Crippen LogP contribution in [0.3, 0.4) is 0 Å². The van der Waals surface area contributed by atoms with Crippen molar-refractivity contribution in [3.05, 3.63) is 0 Å². The summed E-state index contributed by atoms with van der Waals surface area (Å²) in [6.45, 7) is -2.80. The summed E-state index contributed by atoms with van der Waals surface area (Å²) in [5, 5.41) is 0. The molecule has 0 aliphatic carbocycles. The largest absolute Gasteiger partial charge is 0.756 e. The van der Waals surface area contributed by atoms with Gasteiger partial charge in [-0.3, -0.25) is 4.57 Å². The molecule has 0 saturated carbocycles. The zero-order valence-corrected chi connectivity index (χ0v) is 7.06. The Morgan fingerprint density at radius 2 is 1.38 bits per heavy atom. The van der Waals surface area contributed by atoms with Crippen molar-refractivity contribution >= 4 is 7.82 Å². The van der Waals surface area contributed by atoms with Crippen molar-refractivity contribution in [2.24, 2.45) is 0 Å². The highest BCUT2D eigenvalue weighted by atomic mass is 31.2. The van der Waals surface area contributed by atoms with E-state index in [-0.39, 0.29) is 0 Å². The topological polar surface area (TPSA) is 58.6 Å². The SMILES string of the molecule is O=P([O-])(OCC(F)F)OCC(F)F. The molecule has 0 aromatic rings. The third-order valence-electron chi connectivity index (χ3n) is 0.717. The van der Waals surface area contributed by atoms with E-state index in [0.717, 1.165) is 0 Å². The van der Waals surface area contributed by atoms with Gasteiger partial charge in [-0.15, -0.1) is 0 Å². The molecule has 0 aromatic carbocycles. The van der Waals surface area contributed by atoms with Gasteiger partial charge in [-0.2, -0.15) is 0 Å². The van der Waals surface area contributed by atoms with Crippen molar-refractivity contribution in [2.75, 3.05) is 13.2 Å². The maximum absolute atomic E-state index is 11.4. The summed E-state index contributed by atoms with van der Waals surface area (Å²) in [5.41, 5.74) is 0. The lowest BCUT2D eigenvalue weighted by Gasteiger charge is -2.21. The molecule has 0 bridgehead atoms. The Labute approximate surface area is 71.1 Å². The lowest BCUT2D eigenvalue weighted by molar-refractivity contribution is -0.230. The van der Waals surface area contributed by atoms with E-state index < -0.39 is 33.9 Å². The van der Waals surface area contributed by atoms with Crippen molar-refractivity contribution in [1.82, 2.24) is 0 Å². The van der Waals surface area contributed by atoms with Crippen LogP contribution in [0.15, 0.2) is 0 Å². The predicted molar refractivity (Wildman–Crippen MR) is 31.5 cm³/mol. The molecule has 4 nitrogen and oxygen atoms in total. The van der Waals surface area contributed by atoms with E-state index in [1.165, 1.54) is 0 Å². The van der Waals surface area contributed by atoms with Crippen molar-refractivity contribution < 1.29 is 36.1 Å². The van der Waals surface area contributed by atoms with Crippen molar-refractivity contribution in [3.8, 4) is 0 Å². The van der Waals surface area contributed by atoms with E-state index in [9.17, 15) is 27.0 Å². The molecular weight excluding hydrogens is 219 g/mol. The average molecular weight is 225 g/mol. The molecule has 0 aliphatic heterocycles. The van der Waals surface area contributed by atoms with Gasteiger partial charge < -0.3 is 13.9 Å². The average Bonchev–Trinajstić information content (AvgIpc) is 1.98. The van der Waals surface area contributed by atoms with Crippen LogP contribution >= 0.6 is 7.82 Å². The molecular formula is C4H6F4O4P-. The Kier molecular flexibility index (Phi) is 5.46. The van der Waals surface area contributed by atoms with E-state index in [4.69, 9.17) is 0 Å². The molecule has 0 aliphatic rings. The summed E-state index contributed by atoms with van der Waals surface area (Å²) in [5.74, 6) is 0. The molecule has 80 valence electrons. The normalized spacial score (nSPS) is 12.8. The summed E-state index contributed by atoms with van der Waals surface area (Å²) in [4.78, 5) is 10.4. The van der Waals surface area contributed by atoms with Gasteiger partial charge in [0.1, 0.15) is 13.2 Å². The summed E-state index contributed by atoms with van der Waals surface area (Å²) >= 11 is 0. The molecule has 0 rings (SSSR count). The lowest BCUT2D eigenvalue weighted by Crippen LogP contribution is -2.15. The molecule has 13 heavy (non-hydrogen) atoms. The zero-order valence-electron chi connectivity index (χ0n) is 6.16. The molecule has 9 heteroatoms. The molecule has 0 spiro atoms. The molecule has 0 heterocycles. The number of hydrogen-bond donors (Lipinski definition) is 0. The Bertz CT molecular complexity index is 171. The van der Waals surface area contributed by atoms with Crippen molar-refractivity contribution in [2.45, 2.75) is 12.9 Å². The molecule has 0 N–H and O–H groups in total. The van der Waals surface area contributed by atoms with Crippen LogP contribution in [-0.2, 0) is 13.6 Å². The van der Waals surface area contributed by atoms with Crippen molar-refractivity contribution in [3.63, 3.8) is 0 Å². The summed E-state index contributed by atoms with van der Waals surface area (Å²) in [6, 6.07) is 0. The van der Waals surface area contributed by atoms with Crippen LogP contribution in [0.1, 0.15) is 0 Å². The number of halogens is 4. The molecule has 0 aromatic heterocycles. The van der Waals surface area contributed by atoms with Gasteiger partial charge >= 0.3 is 0 Å². The molecule has 0 amide bonds. The fraction of sp³-hybridized carbons (Fsp3) is 1.00. The first-order valence-corrected chi connectivity index (χ1v) is 4.46. The Morgan fingerprint density at radius 1 is 1.08 bits per heavy atom. The van der Waals surface area contributed by atoms with E-state index >= 15 is 0 Å². The van der Waals surface area contributed by atoms with Gasteiger partial charge in [-0.1, -0.05) is 0 Å². The highest BCUT2D eigenvalue weighted by Gasteiger charge is 2.15. The van der Waals surface area contributed by atoms with E-state index in [2.05, 4.69) is 9.05 Å². The smallest absolute Gasteiger partial charge is 0.268 e. The number of rotatable bonds is 6. The third-order valence-corrected chi connectivity index (χ3v) is 1.65. The fourth-order valence-electron chi connectivity index (χ4n) is 0.333. The monoisotopic (exact) mass is 225 g/mol. The summed E-state index contributed by atoms with van der Waals surface area (Å²) in [6.07, 6.45) is -6.00. The van der Waals surface area contributed by atoms with Crippen LogP contribution < -0.4 is 4.89 Å². The van der Waals surface area contributed by atoms with Crippen LogP contribution in [0.25, 0.3) is 0 Å². The van der Waals surface area contributed by atoms with Gasteiger partial charge in [0.25, 0.3) is 20.7 Å². The van der Waals surface area contributed by atoms with Gasteiger partial charge in [-0.25, -0.2) is 17.6 Å². The van der Waals surface area contributed by atoms with Gasteiger partial charge in [0.2, 0.25) is 0 Å². The summed E-state index contributed by atoms with van der Waals surface area (Å²) < 4.78 is 62.9. The fourth-order valence-corrected chi connectivity index (χ4v) is 0.998. The highest BCUT2D eigenvalue weighted by molar-refractivity contribution is 7.45. The standard InChI is InChI=1S/C4H7F4O4P/c5-3(6)1-11-13(9,10)12-2-4(7)8/h3-4H,1-2H2,(H,9,10)/p-1. The van der Waals surface area contributed by atoms with Crippen LogP contribution in [0.2, 0.25) is 0 Å². The Balaban J connectivity index is 3.74. The number of alkyl halides is 4. The van der Waals surface area contributed by atoms with Gasteiger partial charge in [0, 0.05) is 0 Å². The first-order valence-electron chi connectivity index (χ1n) is 3.00. The van der Waals surface area contributed by atoms with Crippen LogP contribution in [-0.4, -0.2) is 26.1 Å². The number of phosphoric ester groups is 1. The third kappa shape index (κ3) is 8.17. The summed E-state index contributed by atoms with van der Waals surface area (Å²) in [7, 11) is -5.01. The van der Waals surface area contributed by atoms with Crippen LogP contribution in [0.4, 0.5) is 17.6 Å². The first kappa shape index (κ1) is 12.8. The van der Waals surface area contributed by atoms with Gasteiger partial charge in [0.05, 0.1) is 0 Å². The second kappa shape index (κ2) is 5.54. The number of hydrogen-bond acceptors (Lipinski definition) is 4. The molecule has 0 atom stereocenters. The minimum absolute atomic E-state index is 1.40. The maximum atomic E-state index is 11.4. The van der Waals surface area contributed by atoms with Gasteiger partial charge in [-0.05, 0) is 0 Å².